The molecule has 0 fully saturated rings. The minimum absolute atomic E-state index is 0.103. The van der Waals surface area contributed by atoms with Gasteiger partial charge in [-0.3, -0.25) is 4.79 Å². The third-order valence-corrected chi connectivity index (χ3v) is 6.08. The number of ether oxygens (including phenoxy) is 1. The number of benzene rings is 3. The second-order valence-electron chi connectivity index (χ2n) is 9.11. The maximum atomic E-state index is 13.2. The van der Waals surface area contributed by atoms with E-state index in [-0.39, 0.29) is 18.5 Å². The lowest BCUT2D eigenvalue weighted by Gasteiger charge is -2.22. The Labute approximate surface area is 223 Å². The third-order valence-electron chi connectivity index (χ3n) is 6.08. The number of anilines is 2. The summed E-state index contributed by atoms with van der Waals surface area (Å²) in [6, 6.07) is 24.5. The maximum Gasteiger partial charge on any atom is 0.322 e. The number of urea groups is 1. The molecule has 8 nitrogen and oxygen atoms in total. The van der Waals surface area contributed by atoms with Crippen molar-refractivity contribution in [3.8, 4) is 22.7 Å². The summed E-state index contributed by atoms with van der Waals surface area (Å²) in [7, 11) is 1.59. The molecule has 2 N–H and O–H groups in total. The predicted molar refractivity (Wildman–Crippen MR) is 151 cm³/mol. The zero-order valence-electron chi connectivity index (χ0n) is 22.2. The van der Waals surface area contributed by atoms with Gasteiger partial charge in [0.15, 0.2) is 0 Å². The molecule has 0 unspecified atom stereocenters. The van der Waals surface area contributed by atoms with Crippen LogP contribution in [0.3, 0.4) is 0 Å². The largest absolute Gasteiger partial charge is 0.497 e. The van der Waals surface area contributed by atoms with Crippen LogP contribution in [-0.4, -0.2) is 46.8 Å². The molecule has 8 heteroatoms. The van der Waals surface area contributed by atoms with Gasteiger partial charge in [0.25, 0.3) is 0 Å². The van der Waals surface area contributed by atoms with Crippen molar-refractivity contribution in [2.45, 2.75) is 27.2 Å². The number of aryl methyl sites for hydroxylation is 2. The highest BCUT2D eigenvalue weighted by Gasteiger charge is 2.20. The number of nitrogens with one attached hydrogen (secondary N) is 2. The van der Waals surface area contributed by atoms with Gasteiger partial charge in [-0.25, -0.2) is 9.48 Å². The molecule has 0 radical (unpaired) electrons. The number of rotatable bonds is 9. The van der Waals surface area contributed by atoms with Crippen LogP contribution in [0.2, 0.25) is 0 Å². The average Bonchev–Trinajstić information content (AvgIpc) is 3.32. The molecule has 0 spiro atoms. The highest BCUT2D eigenvalue weighted by Crippen LogP contribution is 2.26. The van der Waals surface area contributed by atoms with Crippen LogP contribution in [0.4, 0.5) is 16.3 Å². The molecule has 1 aromatic heterocycles. The van der Waals surface area contributed by atoms with Crippen LogP contribution in [0, 0.1) is 13.8 Å². The number of methoxy groups -OCH3 is 1. The van der Waals surface area contributed by atoms with Crippen LogP contribution in [0.1, 0.15) is 24.5 Å². The summed E-state index contributed by atoms with van der Waals surface area (Å²) < 4.78 is 6.92. The van der Waals surface area contributed by atoms with Crippen molar-refractivity contribution in [1.29, 1.82) is 0 Å². The van der Waals surface area contributed by atoms with E-state index in [1.54, 1.807) is 36.1 Å². The average molecular weight is 512 g/mol. The Balaban J connectivity index is 1.56. The summed E-state index contributed by atoms with van der Waals surface area (Å²) in [5, 5.41) is 10.7. The first kappa shape index (κ1) is 26.5. The normalized spacial score (nSPS) is 10.6. The van der Waals surface area contributed by atoms with Gasteiger partial charge in [-0.1, -0.05) is 55.0 Å². The smallest absolute Gasteiger partial charge is 0.322 e. The summed E-state index contributed by atoms with van der Waals surface area (Å²) in [6.45, 7) is 6.35. The van der Waals surface area contributed by atoms with Gasteiger partial charge in [0.2, 0.25) is 5.91 Å². The van der Waals surface area contributed by atoms with E-state index in [4.69, 9.17) is 9.84 Å². The summed E-state index contributed by atoms with van der Waals surface area (Å²) in [6.07, 6.45) is 0.710. The van der Waals surface area contributed by atoms with Crippen molar-refractivity contribution < 1.29 is 14.3 Å². The number of carbonyl (C=O) groups is 2. The standard InChI is InChI=1S/C30H33N5O3/c1-5-17-34(30(37)31-24-12-14-25(38-4)15-13-24)20-29(36)32-28-19-26(23-9-7-6-8-10-23)33-35(28)27-16-11-21(2)18-22(27)3/h6-16,18-19H,5,17,20H2,1-4H3,(H,31,37)(H,32,36). The Morgan fingerprint density at radius 2 is 1.68 bits per heavy atom. The van der Waals surface area contributed by atoms with E-state index in [0.29, 0.717) is 30.2 Å². The number of hydrogen-bond acceptors (Lipinski definition) is 4. The van der Waals surface area contributed by atoms with Crippen LogP contribution in [0.5, 0.6) is 5.75 Å². The molecule has 0 saturated carbocycles. The maximum absolute atomic E-state index is 13.2. The van der Waals surface area contributed by atoms with Crippen molar-refractivity contribution in [3.05, 3.63) is 90.0 Å². The van der Waals surface area contributed by atoms with Crippen molar-refractivity contribution >= 4 is 23.4 Å². The quantitative estimate of drug-likeness (QED) is 0.286. The van der Waals surface area contributed by atoms with Crippen molar-refractivity contribution in [2.75, 3.05) is 30.8 Å². The molecule has 3 aromatic carbocycles. The van der Waals surface area contributed by atoms with Crippen molar-refractivity contribution in [3.63, 3.8) is 0 Å². The van der Waals surface area contributed by atoms with Gasteiger partial charge >= 0.3 is 6.03 Å². The Morgan fingerprint density at radius 1 is 0.947 bits per heavy atom. The summed E-state index contributed by atoms with van der Waals surface area (Å²) in [5.41, 5.74) is 5.36. The van der Waals surface area contributed by atoms with Gasteiger partial charge in [0.05, 0.1) is 18.5 Å². The zero-order chi connectivity index (χ0) is 27.1. The fourth-order valence-electron chi connectivity index (χ4n) is 4.20. The second kappa shape index (κ2) is 12.1. The first-order valence-corrected chi connectivity index (χ1v) is 12.6. The number of aromatic nitrogens is 2. The van der Waals surface area contributed by atoms with Crippen LogP contribution < -0.4 is 15.4 Å². The summed E-state index contributed by atoms with van der Waals surface area (Å²) in [5.74, 6) is 0.921. The van der Waals surface area contributed by atoms with E-state index in [1.807, 2.05) is 69.3 Å². The number of carbonyl (C=O) groups excluding carboxylic acids is 2. The fraction of sp³-hybridized carbons (Fsp3) is 0.233. The lowest BCUT2D eigenvalue weighted by molar-refractivity contribution is -0.116. The molecule has 0 aliphatic rings. The fourth-order valence-corrected chi connectivity index (χ4v) is 4.20. The van der Waals surface area contributed by atoms with E-state index in [2.05, 4.69) is 16.7 Å². The highest BCUT2D eigenvalue weighted by atomic mass is 16.5. The lowest BCUT2D eigenvalue weighted by Crippen LogP contribution is -2.41. The topological polar surface area (TPSA) is 88.5 Å². The minimum atomic E-state index is -0.347. The van der Waals surface area contributed by atoms with Gasteiger partial charge in [-0.05, 0) is 56.2 Å². The molecule has 1 heterocycles. The first-order chi connectivity index (χ1) is 18.4. The van der Waals surface area contributed by atoms with Crippen LogP contribution in [0.25, 0.3) is 16.9 Å². The Morgan fingerprint density at radius 3 is 2.34 bits per heavy atom. The molecule has 4 rings (SSSR count). The van der Waals surface area contributed by atoms with Crippen molar-refractivity contribution in [1.82, 2.24) is 14.7 Å². The monoisotopic (exact) mass is 511 g/mol. The van der Waals surface area contributed by atoms with E-state index >= 15 is 0 Å². The summed E-state index contributed by atoms with van der Waals surface area (Å²) >= 11 is 0. The number of nitrogens with zero attached hydrogens (tertiary/aromatic N) is 3. The molecule has 196 valence electrons. The van der Waals surface area contributed by atoms with Crippen molar-refractivity contribution in [2.24, 2.45) is 0 Å². The Kier molecular flexibility index (Phi) is 8.43. The number of hydrogen-bond donors (Lipinski definition) is 2. The second-order valence-corrected chi connectivity index (χ2v) is 9.11. The van der Waals surface area contributed by atoms with E-state index in [9.17, 15) is 9.59 Å². The van der Waals surface area contributed by atoms with E-state index < -0.39 is 0 Å². The molecule has 38 heavy (non-hydrogen) atoms. The van der Waals surface area contributed by atoms with Gasteiger partial charge in [0.1, 0.15) is 18.1 Å². The molecule has 4 aromatic rings. The highest BCUT2D eigenvalue weighted by molar-refractivity contribution is 5.97. The summed E-state index contributed by atoms with van der Waals surface area (Å²) in [4.78, 5) is 27.7. The molecular weight excluding hydrogens is 478 g/mol. The van der Waals surface area contributed by atoms with Gasteiger partial charge in [-0.15, -0.1) is 0 Å². The van der Waals surface area contributed by atoms with Crippen LogP contribution in [-0.2, 0) is 4.79 Å². The minimum Gasteiger partial charge on any atom is -0.497 e. The van der Waals surface area contributed by atoms with Gasteiger partial charge in [0, 0.05) is 23.9 Å². The van der Waals surface area contributed by atoms with Crippen LogP contribution in [0.15, 0.2) is 78.9 Å². The third kappa shape index (κ3) is 6.39. The SMILES string of the molecule is CCCN(CC(=O)Nc1cc(-c2ccccc2)nn1-c1ccc(C)cc1C)C(=O)Nc1ccc(OC)cc1. The Bertz CT molecular complexity index is 1400. The first-order valence-electron chi connectivity index (χ1n) is 12.6. The van der Waals surface area contributed by atoms with Crippen LogP contribution >= 0.6 is 0 Å². The molecule has 0 atom stereocenters. The molecular formula is C30H33N5O3. The molecule has 0 aliphatic carbocycles. The zero-order valence-corrected chi connectivity index (χ0v) is 22.2. The molecule has 0 bridgehead atoms. The molecule has 0 aliphatic heterocycles. The predicted octanol–water partition coefficient (Wildman–Crippen LogP) is 6.05. The lowest BCUT2D eigenvalue weighted by atomic mass is 10.1. The Hall–Kier alpha value is -4.59. The number of amides is 3. The van der Waals surface area contributed by atoms with Gasteiger partial charge in [-0.2, -0.15) is 5.10 Å². The molecule has 3 amide bonds. The van der Waals surface area contributed by atoms with E-state index in [0.717, 1.165) is 28.1 Å². The van der Waals surface area contributed by atoms with E-state index in [1.165, 1.54) is 4.90 Å². The molecule has 0 saturated heterocycles. The van der Waals surface area contributed by atoms with Gasteiger partial charge < -0.3 is 20.3 Å².